The standard InChI is InChI=1S/C21H21ClN4O2/c1-14-6-2-3-10-18(14)23-21(27)26-11-5-8-16(13-26)20-24-19(25-28-20)15-7-4-9-17(22)12-15/h2-4,6-7,9-10,12,16H,5,8,11,13H2,1H3,(H,23,27)/t16-/m1/s1. The van der Waals surface area contributed by atoms with Crippen LogP contribution in [0.15, 0.2) is 53.1 Å². The molecule has 1 aliphatic rings. The number of carbonyl (C=O) groups is 1. The van der Waals surface area contributed by atoms with Crippen LogP contribution >= 0.6 is 11.6 Å². The highest BCUT2D eigenvalue weighted by Crippen LogP contribution is 2.28. The summed E-state index contributed by atoms with van der Waals surface area (Å²) in [5.74, 6) is 1.10. The topological polar surface area (TPSA) is 71.3 Å². The van der Waals surface area contributed by atoms with Crippen molar-refractivity contribution in [2.45, 2.75) is 25.7 Å². The summed E-state index contributed by atoms with van der Waals surface area (Å²) in [5.41, 5.74) is 2.68. The minimum atomic E-state index is -0.103. The third-order valence-corrected chi connectivity index (χ3v) is 5.20. The summed E-state index contributed by atoms with van der Waals surface area (Å²) in [6.45, 7) is 3.24. The molecular weight excluding hydrogens is 376 g/mol. The van der Waals surface area contributed by atoms with Crippen LogP contribution in [0.1, 0.15) is 30.2 Å². The first kappa shape index (κ1) is 18.5. The summed E-state index contributed by atoms with van der Waals surface area (Å²) in [5, 5.41) is 7.71. The molecule has 1 saturated heterocycles. The molecule has 0 unspecified atom stereocenters. The Labute approximate surface area is 168 Å². The number of hydrogen-bond acceptors (Lipinski definition) is 4. The summed E-state index contributed by atoms with van der Waals surface area (Å²) in [4.78, 5) is 19.0. The van der Waals surface area contributed by atoms with Crippen LogP contribution in [0, 0.1) is 6.92 Å². The van der Waals surface area contributed by atoms with Gasteiger partial charge in [-0.15, -0.1) is 0 Å². The van der Waals surface area contributed by atoms with Gasteiger partial charge < -0.3 is 14.7 Å². The van der Waals surface area contributed by atoms with Crippen LogP contribution in [0.2, 0.25) is 5.02 Å². The molecule has 0 radical (unpaired) electrons. The first-order valence-corrected chi connectivity index (χ1v) is 9.69. The predicted molar refractivity (Wildman–Crippen MR) is 108 cm³/mol. The van der Waals surface area contributed by atoms with Gasteiger partial charge in [0, 0.05) is 29.4 Å². The molecule has 6 nitrogen and oxygen atoms in total. The molecule has 1 N–H and O–H groups in total. The first-order valence-electron chi connectivity index (χ1n) is 9.31. The number of nitrogens with one attached hydrogen (secondary N) is 1. The maximum absolute atomic E-state index is 12.7. The molecule has 2 heterocycles. The second-order valence-electron chi connectivity index (χ2n) is 7.00. The average Bonchev–Trinajstić information content (AvgIpc) is 3.20. The SMILES string of the molecule is Cc1ccccc1NC(=O)N1CCC[C@@H](c2nc(-c3cccc(Cl)c3)no2)C1. The fourth-order valence-corrected chi connectivity index (χ4v) is 3.61. The van der Waals surface area contributed by atoms with Gasteiger partial charge in [0.2, 0.25) is 11.7 Å². The number of urea groups is 1. The number of nitrogens with zero attached hydrogens (tertiary/aromatic N) is 3. The number of amides is 2. The number of hydrogen-bond donors (Lipinski definition) is 1. The molecule has 3 aromatic rings. The van der Waals surface area contributed by atoms with E-state index in [2.05, 4.69) is 15.5 Å². The average molecular weight is 397 g/mol. The van der Waals surface area contributed by atoms with Crippen molar-refractivity contribution in [3.8, 4) is 11.4 Å². The van der Waals surface area contributed by atoms with Crippen molar-refractivity contribution >= 4 is 23.3 Å². The number of halogens is 1. The van der Waals surface area contributed by atoms with Crippen molar-refractivity contribution in [2.24, 2.45) is 0 Å². The van der Waals surface area contributed by atoms with E-state index in [1.54, 1.807) is 12.1 Å². The Hall–Kier alpha value is -2.86. The predicted octanol–water partition coefficient (Wildman–Crippen LogP) is 5.11. The number of piperidine rings is 1. The Kier molecular flexibility index (Phi) is 5.30. The van der Waals surface area contributed by atoms with Gasteiger partial charge in [0.25, 0.3) is 0 Å². The number of likely N-dealkylation sites (tertiary alicyclic amines) is 1. The normalized spacial score (nSPS) is 16.8. The highest BCUT2D eigenvalue weighted by Gasteiger charge is 2.29. The monoisotopic (exact) mass is 396 g/mol. The molecule has 144 valence electrons. The lowest BCUT2D eigenvalue weighted by atomic mass is 9.98. The highest BCUT2D eigenvalue weighted by atomic mass is 35.5. The zero-order valence-corrected chi connectivity index (χ0v) is 16.3. The molecule has 0 bridgehead atoms. The lowest BCUT2D eigenvalue weighted by molar-refractivity contribution is 0.184. The molecule has 1 atom stereocenters. The van der Waals surface area contributed by atoms with E-state index >= 15 is 0 Å². The van der Waals surface area contributed by atoms with E-state index in [-0.39, 0.29) is 11.9 Å². The van der Waals surface area contributed by atoms with Crippen LogP contribution in [-0.4, -0.2) is 34.2 Å². The van der Waals surface area contributed by atoms with Gasteiger partial charge in [-0.25, -0.2) is 4.79 Å². The van der Waals surface area contributed by atoms with Gasteiger partial charge in [-0.1, -0.05) is 47.1 Å². The number of aromatic nitrogens is 2. The highest BCUT2D eigenvalue weighted by molar-refractivity contribution is 6.30. The Balaban J connectivity index is 1.45. The molecular formula is C21H21ClN4O2. The summed E-state index contributed by atoms with van der Waals surface area (Å²) >= 11 is 6.04. The van der Waals surface area contributed by atoms with Crippen molar-refractivity contribution in [3.63, 3.8) is 0 Å². The van der Waals surface area contributed by atoms with E-state index in [1.807, 2.05) is 48.2 Å². The van der Waals surface area contributed by atoms with Gasteiger partial charge in [-0.05, 0) is 43.5 Å². The maximum atomic E-state index is 12.7. The van der Waals surface area contributed by atoms with Crippen LogP contribution in [0.5, 0.6) is 0 Å². The van der Waals surface area contributed by atoms with Gasteiger partial charge in [-0.2, -0.15) is 4.98 Å². The van der Waals surface area contributed by atoms with Gasteiger partial charge in [0.05, 0.1) is 5.92 Å². The van der Waals surface area contributed by atoms with Crippen LogP contribution in [-0.2, 0) is 0 Å². The first-order chi connectivity index (χ1) is 13.6. The largest absolute Gasteiger partial charge is 0.339 e. The molecule has 1 fully saturated rings. The molecule has 0 spiro atoms. The van der Waals surface area contributed by atoms with Crippen molar-refractivity contribution in [2.75, 3.05) is 18.4 Å². The third kappa shape index (κ3) is 4.02. The van der Waals surface area contributed by atoms with Crippen LogP contribution in [0.3, 0.4) is 0 Å². The molecule has 0 saturated carbocycles. The van der Waals surface area contributed by atoms with Crippen molar-refractivity contribution in [3.05, 3.63) is 65.0 Å². The van der Waals surface area contributed by atoms with Crippen LogP contribution in [0.4, 0.5) is 10.5 Å². The number of aryl methyl sites for hydroxylation is 1. The van der Waals surface area contributed by atoms with Crippen molar-refractivity contribution in [1.29, 1.82) is 0 Å². The fraction of sp³-hybridized carbons (Fsp3) is 0.286. The van der Waals surface area contributed by atoms with Gasteiger partial charge >= 0.3 is 6.03 Å². The smallest absolute Gasteiger partial charge is 0.321 e. The van der Waals surface area contributed by atoms with Crippen molar-refractivity contribution < 1.29 is 9.32 Å². The van der Waals surface area contributed by atoms with Gasteiger partial charge in [-0.3, -0.25) is 0 Å². The second-order valence-corrected chi connectivity index (χ2v) is 7.43. The third-order valence-electron chi connectivity index (χ3n) is 4.97. The maximum Gasteiger partial charge on any atom is 0.321 e. The molecule has 2 amide bonds. The van der Waals surface area contributed by atoms with Crippen LogP contribution < -0.4 is 5.32 Å². The zero-order valence-electron chi connectivity index (χ0n) is 15.6. The summed E-state index contributed by atoms with van der Waals surface area (Å²) in [6, 6.07) is 15.0. The Morgan fingerprint density at radius 2 is 2.11 bits per heavy atom. The van der Waals surface area contributed by atoms with E-state index in [9.17, 15) is 4.79 Å². The van der Waals surface area contributed by atoms with Gasteiger partial charge in [0.15, 0.2) is 0 Å². The van der Waals surface area contributed by atoms with Gasteiger partial charge in [0.1, 0.15) is 0 Å². The lowest BCUT2D eigenvalue weighted by Gasteiger charge is -2.31. The Morgan fingerprint density at radius 3 is 2.93 bits per heavy atom. The molecule has 2 aromatic carbocycles. The van der Waals surface area contributed by atoms with E-state index in [0.29, 0.717) is 29.8 Å². The van der Waals surface area contributed by atoms with E-state index < -0.39 is 0 Å². The minimum Gasteiger partial charge on any atom is -0.339 e. The number of para-hydroxylation sites is 1. The lowest BCUT2D eigenvalue weighted by Crippen LogP contribution is -2.41. The van der Waals surface area contributed by atoms with E-state index in [1.165, 1.54) is 0 Å². The quantitative estimate of drug-likeness (QED) is 0.667. The number of rotatable bonds is 3. The van der Waals surface area contributed by atoms with Crippen LogP contribution in [0.25, 0.3) is 11.4 Å². The fourth-order valence-electron chi connectivity index (χ4n) is 3.42. The Bertz CT molecular complexity index is 988. The molecule has 28 heavy (non-hydrogen) atoms. The molecule has 0 aliphatic carbocycles. The number of anilines is 1. The second kappa shape index (κ2) is 8.02. The zero-order chi connectivity index (χ0) is 19.5. The molecule has 1 aliphatic heterocycles. The van der Waals surface area contributed by atoms with E-state index in [4.69, 9.17) is 16.1 Å². The Morgan fingerprint density at radius 1 is 1.25 bits per heavy atom. The molecule has 4 rings (SSSR count). The number of benzene rings is 2. The molecule has 1 aromatic heterocycles. The summed E-state index contributed by atoms with van der Waals surface area (Å²) in [7, 11) is 0. The molecule has 7 heteroatoms. The summed E-state index contributed by atoms with van der Waals surface area (Å²) < 4.78 is 5.50. The minimum absolute atomic E-state index is 0.0248. The van der Waals surface area contributed by atoms with E-state index in [0.717, 1.165) is 29.7 Å². The summed E-state index contributed by atoms with van der Waals surface area (Å²) in [6.07, 6.45) is 1.80. The number of carbonyl (C=O) groups excluding carboxylic acids is 1. The van der Waals surface area contributed by atoms with Crippen molar-refractivity contribution in [1.82, 2.24) is 15.0 Å².